The summed E-state index contributed by atoms with van der Waals surface area (Å²) in [7, 11) is 1.08. The number of nitrogens with one attached hydrogen (secondary N) is 1. The topological polar surface area (TPSA) is 86.7 Å². The van der Waals surface area contributed by atoms with Gasteiger partial charge in [-0.1, -0.05) is 44.9 Å². The number of carbonyl (C=O) groups is 3. The first kappa shape index (κ1) is 9.13. The molecular weight excluding hydrogens is 332 g/mol. The lowest BCUT2D eigenvalue weighted by molar-refractivity contribution is -0.137. The molecule has 6 nitrogen and oxygen atoms in total. The molecule has 2 amide bonds. The minimum atomic E-state index is -3.10. The number of hydrogen-bond acceptors (Lipinski definition) is 4. The number of ketones is 1. The van der Waals surface area contributed by atoms with Gasteiger partial charge in [-0.3, -0.25) is 14.4 Å². The Labute approximate surface area is 171 Å². The lowest BCUT2D eigenvalue weighted by Crippen LogP contribution is -2.43. The second kappa shape index (κ2) is 8.45. The molecule has 6 heteroatoms. The molecule has 0 radical (unpaired) electrons. The monoisotopic (exact) mass is 372 g/mol. The van der Waals surface area contributed by atoms with Crippen LogP contribution in [0.3, 0.4) is 0 Å². The van der Waals surface area contributed by atoms with Crippen molar-refractivity contribution in [2.24, 2.45) is 11.8 Å². The van der Waals surface area contributed by atoms with E-state index in [0.717, 1.165) is 20.9 Å². The third-order valence-electron chi connectivity index (χ3n) is 3.77. The molecule has 2 N–H and O–H groups in total. The first-order valence-electron chi connectivity index (χ1n) is 13.7. The number of aliphatic hydroxyl groups excluding tert-OH is 1. The van der Waals surface area contributed by atoms with Gasteiger partial charge in [0.15, 0.2) is 5.78 Å². The van der Waals surface area contributed by atoms with Gasteiger partial charge in [0.05, 0.1) is 6.85 Å². The number of benzene rings is 1. The van der Waals surface area contributed by atoms with Gasteiger partial charge in [0, 0.05) is 35.5 Å². The van der Waals surface area contributed by atoms with Crippen molar-refractivity contribution in [2.45, 2.75) is 45.6 Å². The predicted molar refractivity (Wildman–Crippen MR) is 98.3 cm³/mol. The molecule has 142 valence electrons. The molecule has 0 saturated heterocycles. The van der Waals surface area contributed by atoms with Crippen LogP contribution in [0.25, 0.3) is 0 Å². The number of rotatable bonds is 6. The maximum Gasteiger partial charge on any atom is 0.249 e. The maximum absolute atomic E-state index is 13.3. The summed E-state index contributed by atoms with van der Waals surface area (Å²) in [6.07, 6.45) is -6.16. The average molecular weight is 373 g/mol. The normalized spacial score (nSPS) is 34.9. The van der Waals surface area contributed by atoms with Gasteiger partial charge >= 0.3 is 0 Å². The molecule has 0 spiro atoms. The summed E-state index contributed by atoms with van der Waals surface area (Å²) >= 11 is 0. The minimum absolute atomic E-state index is 0.706. The van der Waals surface area contributed by atoms with Gasteiger partial charge in [-0.15, -0.1) is 0 Å². The summed E-state index contributed by atoms with van der Waals surface area (Å²) in [5.74, 6) is -9.38. The van der Waals surface area contributed by atoms with Crippen LogP contribution in [0.4, 0.5) is 0 Å². The van der Waals surface area contributed by atoms with Crippen molar-refractivity contribution in [1.29, 1.82) is 0 Å². The fraction of sp³-hybridized carbons (Fsp3) is 0.550. The summed E-state index contributed by atoms with van der Waals surface area (Å²) in [6.45, 7) is -2.20. The summed E-state index contributed by atoms with van der Waals surface area (Å²) in [6, 6.07) is -6.63. The fourth-order valence-corrected chi connectivity index (χ4v) is 2.22. The molecule has 0 fully saturated rings. The van der Waals surface area contributed by atoms with Gasteiger partial charge in [-0.2, -0.15) is 0 Å². The summed E-state index contributed by atoms with van der Waals surface area (Å²) in [5, 5.41) is 12.1. The zero-order chi connectivity index (χ0) is 30.0. The maximum atomic E-state index is 13.3. The van der Waals surface area contributed by atoms with E-state index in [-0.39, 0.29) is 0 Å². The number of aliphatic hydroxyl groups is 1. The number of hydrogen-bond donors (Lipinski definition) is 2. The first-order valence-corrected chi connectivity index (χ1v) is 7.75. The van der Waals surface area contributed by atoms with E-state index in [0.29, 0.717) is 4.90 Å². The Hall–Kier alpha value is -2.21. The van der Waals surface area contributed by atoms with Crippen molar-refractivity contribution >= 4 is 17.6 Å². The number of carbonyl (C=O) groups excluding carboxylic acids is 3. The molecule has 0 bridgehead atoms. The standard InChI is InChI=1S/C20H28N2O4/c1-12(2)18(24)16(23)11-13(3)19(25)21-17-15-8-6-5-7-14(15)9-10-22(4)20(17)26/h5-8,12-13,17-18,24H,9-11H2,1-4H3,(H,21,25)/t13-,17+,18+/m1/s1/i1D3,5D,6D,7D,8D,9D2,12D,13D,17D/t12?,13-,17+,18+. The Bertz CT molecular complexity index is 1180. The molecule has 4 atom stereocenters. The lowest BCUT2D eigenvalue weighted by atomic mass is 9.94. The highest BCUT2D eigenvalue weighted by atomic mass is 16.3. The molecular formula is C20H28N2O4. The summed E-state index contributed by atoms with van der Waals surface area (Å²) in [4.78, 5) is 39.7. The van der Waals surface area contributed by atoms with E-state index in [2.05, 4.69) is 0 Å². The zero-order valence-corrected chi connectivity index (χ0v) is 14.6. The second-order valence-electron chi connectivity index (χ2n) is 5.93. The van der Waals surface area contributed by atoms with Crippen molar-refractivity contribution in [2.75, 3.05) is 13.6 Å². The second-order valence-corrected chi connectivity index (χ2v) is 5.93. The Balaban J connectivity index is 2.60. The molecule has 1 aromatic rings. The lowest BCUT2D eigenvalue weighted by Gasteiger charge is -2.24. The first-order chi connectivity index (χ1) is 16.8. The van der Waals surface area contributed by atoms with E-state index in [1.54, 1.807) is 0 Å². The van der Waals surface area contributed by atoms with Crippen LogP contribution in [-0.4, -0.2) is 47.3 Å². The number of fused-ring (bicyclic) bond motifs is 1. The van der Waals surface area contributed by atoms with Crippen LogP contribution in [-0.2, 0) is 20.8 Å². The number of Topliss-reactive ketones (excluding diaryl/α,β-unsaturated/α-hetero) is 1. The van der Waals surface area contributed by atoms with E-state index in [9.17, 15) is 19.5 Å². The zero-order valence-electron chi connectivity index (χ0n) is 26.6. The smallest absolute Gasteiger partial charge is 0.249 e. The molecule has 2 rings (SSSR count). The van der Waals surface area contributed by atoms with Gasteiger partial charge in [0.1, 0.15) is 12.1 Å². The van der Waals surface area contributed by atoms with Crippen molar-refractivity contribution < 1.29 is 35.9 Å². The van der Waals surface area contributed by atoms with Crippen LogP contribution in [0.1, 0.15) is 60.7 Å². The van der Waals surface area contributed by atoms with Gasteiger partial charge in [0.25, 0.3) is 0 Å². The highest BCUT2D eigenvalue weighted by Crippen LogP contribution is 2.25. The summed E-state index contributed by atoms with van der Waals surface area (Å²) in [5.41, 5.74) is -1.61. The Morgan fingerprint density at radius 1 is 1.54 bits per heavy atom. The fourth-order valence-electron chi connectivity index (χ4n) is 2.22. The van der Waals surface area contributed by atoms with Crippen LogP contribution in [0, 0.1) is 11.8 Å². The van der Waals surface area contributed by atoms with Crippen molar-refractivity contribution in [3.8, 4) is 0 Å². The third-order valence-corrected chi connectivity index (χ3v) is 3.77. The van der Waals surface area contributed by atoms with Crippen LogP contribution >= 0.6 is 0 Å². The van der Waals surface area contributed by atoms with Gasteiger partial charge in [-0.05, 0) is 23.4 Å². The largest absolute Gasteiger partial charge is 0.385 e. The molecule has 1 aliphatic heterocycles. The molecule has 0 saturated carbocycles. The van der Waals surface area contributed by atoms with Gasteiger partial charge < -0.3 is 15.3 Å². The average Bonchev–Trinajstić information content (AvgIpc) is 2.81. The SMILES string of the molecule is [2H]c1c([2H])c([2H])c2c(c1[2H])C([2H])([2H])CN(C)C(=O)[C@@]2([2H])NC(=O)[C@]([2H])(C)CC(=O)[C@@H](O)C([2H])(C)C([2H])([2H])[2H]. The van der Waals surface area contributed by atoms with Gasteiger partial charge in [0.2, 0.25) is 11.8 Å². The third kappa shape index (κ3) is 4.49. The van der Waals surface area contributed by atoms with Crippen LogP contribution in [0.15, 0.2) is 24.2 Å². The molecule has 1 heterocycles. The van der Waals surface area contributed by atoms with Crippen molar-refractivity contribution in [3.05, 3.63) is 35.3 Å². The van der Waals surface area contributed by atoms with Crippen LogP contribution in [0.2, 0.25) is 0 Å². The molecule has 26 heavy (non-hydrogen) atoms. The summed E-state index contributed by atoms with van der Waals surface area (Å²) < 4.78 is 96.2. The molecule has 0 aromatic heterocycles. The van der Waals surface area contributed by atoms with Crippen molar-refractivity contribution in [1.82, 2.24) is 10.2 Å². The molecule has 0 aliphatic carbocycles. The van der Waals surface area contributed by atoms with E-state index in [1.165, 1.54) is 0 Å². The minimum Gasteiger partial charge on any atom is -0.385 e. The Morgan fingerprint density at radius 2 is 2.23 bits per heavy atom. The molecule has 1 unspecified atom stereocenters. The van der Waals surface area contributed by atoms with E-state index in [1.807, 2.05) is 5.32 Å². The van der Waals surface area contributed by atoms with Crippen LogP contribution < -0.4 is 5.32 Å². The number of likely N-dealkylation sites (N-methyl/N-ethyl adjacent to an activating group) is 1. The van der Waals surface area contributed by atoms with Crippen molar-refractivity contribution in [3.63, 3.8) is 0 Å². The highest BCUT2D eigenvalue weighted by Gasteiger charge is 2.32. The van der Waals surface area contributed by atoms with E-state index >= 15 is 0 Å². The van der Waals surface area contributed by atoms with Gasteiger partial charge in [-0.25, -0.2) is 0 Å². The van der Waals surface area contributed by atoms with E-state index in [4.69, 9.17) is 16.4 Å². The molecule has 1 aliphatic rings. The predicted octanol–water partition coefficient (Wildman–Crippen LogP) is 1.47. The number of nitrogens with zero attached hydrogens (tertiary/aromatic N) is 1. The van der Waals surface area contributed by atoms with E-state index < -0.39 is 103 Å². The Kier molecular flexibility index (Phi) is 2.97. The quantitative estimate of drug-likeness (QED) is 0.792. The molecule has 1 aromatic carbocycles. The highest BCUT2D eigenvalue weighted by molar-refractivity contribution is 5.92. The van der Waals surface area contributed by atoms with Crippen LogP contribution in [0.5, 0.6) is 0 Å². The Morgan fingerprint density at radius 3 is 2.92 bits per heavy atom. The number of amides is 2.